The summed E-state index contributed by atoms with van der Waals surface area (Å²) in [6.07, 6.45) is 16.5. The fraction of sp³-hybridized carbons (Fsp3) is 0.417. The summed E-state index contributed by atoms with van der Waals surface area (Å²) >= 11 is 1.73. The Morgan fingerprint density at radius 2 is 1.77 bits per heavy atom. The topological polar surface area (TPSA) is 72.8 Å². The lowest BCUT2D eigenvalue weighted by Crippen LogP contribution is -2.07. The molecule has 0 atom stereocenters. The van der Waals surface area contributed by atoms with Gasteiger partial charge in [-0.25, -0.2) is 9.97 Å². The number of rotatable bonds is 7. The Hall–Kier alpha value is -2.98. The molecule has 0 saturated heterocycles. The number of aromatic nitrogens is 4. The quantitative estimate of drug-likeness (QED) is 0.517. The maximum Gasteiger partial charge on any atom is 0.218 e. The van der Waals surface area contributed by atoms with Gasteiger partial charge in [0, 0.05) is 29.3 Å². The normalized spacial score (nSPS) is 14.5. The third-order valence-electron chi connectivity index (χ3n) is 4.82. The van der Waals surface area contributed by atoms with Gasteiger partial charge < -0.3 is 10.1 Å². The van der Waals surface area contributed by atoms with E-state index in [1.54, 1.807) is 23.7 Å². The maximum absolute atomic E-state index is 5.87. The molecule has 0 unspecified atom stereocenters. The molecule has 0 aromatic carbocycles. The third kappa shape index (κ3) is 7.65. The van der Waals surface area contributed by atoms with Crippen molar-refractivity contribution in [1.82, 2.24) is 19.9 Å². The largest absolute Gasteiger partial charge is 0.477 e. The molecular formula is C24H29N5OS. The van der Waals surface area contributed by atoms with Crippen molar-refractivity contribution in [3.05, 3.63) is 58.1 Å². The number of pyridine rings is 1. The summed E-state index contributed by atoms with van der Waals surface area (Å²) in [7, 11) is 0. The van der Waals surface area contributed by atoms with E-state index in [9.17, 15) is 0 Å². The second kappa shape index (κ2) is 11.4. The monoisotopic (exact) mass is 435 g/mol. The van der Waals surface area contributed by atoms with Gasteiger partial charge in [0.15, 0.2) is 0 Å². The summed E-state index contributed by atoms with van der Waals surface area (Å²) in [6, 6.07) is 7.64. The highest BCUT2D eigenvalue weighted by Crippen LogP contribution is 2.39. The number of ether oxygens (including phenoxy) is 1. The first kappa shape index (κ1) is 22.7. The molecule has 2 aliphatic carbocycles. The first-order valence-corrected chi connectivity index (χ1v) is 11.4. The van der Waals surface area contributed by atoms with Crippen LogP contribution in [-0.2, 0) is 6.54 Å². The standard InChI is InChI=1S/C17H22N4OS.C5H5N.C2H2/c1-10-14(23-11(2)19-10)8-18-15-7-16(22-9-12-3-4-12)21-17(20-15)13-5-6-13;1-2-4-6-5-3-1;1-2/h7,12-13H,3-6,8-9H2,1-2H3,(H,18,20,21);1-5H;1-2H. The zero-order valence-electron chi connectivity index (χ0n) is 18.1. The summed E-state index contributed by atoms with van der Waals surface area (Å²) in [4.78, 5) is 18.8. The minimum absolute atomic E-state index is 0.521. The van der Waals surface area contributed by atoms with Gasteiger partial charge in [0.05, 0.1) is 23.9 Å². The zero-order valence-corrected chi connectivity index (χ0v) is 18.9. The van der Waals surface area contributed by atoms with Crippen molar-refractivity contribution in [1.29, 1.82) is 0 Å². The number of nitrogens with zero attached hydrogens (tertiary/aromatic N) is 4. The molecule has 7 heteroatoms. The van der Waals surface area contributed by atoms with E-state index >= 15 is 0 Å². The van der Waals surface area contributed by atoms with E-state index < -0.39 is 0 Å². The molecule has 5 rings (SSSR count). The molecule has 162 valence electrons. The Kier molecular flexibility index (Phi) is 8.36. The van der Waals surface area contributed by atoms with Crippen LogP contribution in [0.1, 0.15) is 53.0 Å². The summed E-state index contributed by atoms with van der Waals surface area (Å²) in [5.41, 5.74) is 1.10. The molecule has 3 heterocycles. The third-order valence-corrected chi connectivity index (χ3v) is 5.90. The Bertz CT molecular complexity index is 938. The van der Waals surface area contributed by atoms with Gasteiger partial charge >= 0.3 is 0 Å². The van der Waals surface area contributed by atoms with Crippen LogP contribution in [0.3, 0.4) is 0 Å². The summed E-state index contributed by atoms with van der Waals surface area (Å²) in [5.74, 6) is 3.76. The molecule has 0 bridgehead atoms. The highest BCUT2D eigenvalue weighted by Gasteiger charge is 2.28. The van der Waals surface area contributed by atoms with Crippen LogP contribution in [-0.4, -0.2) is 26.5 Å². The number of aryl methyl sites for hydroxylation is 2. The molecule has 2 saturated carbocycles. The molecule has 1 N–H and O–H groups in total. The SMILES string of the molecule is C#C.Cc1nc(C)c(CNc2cc(OCC3CC3)nc(C3CC3)n2)s1.c1ccncc1. The number of terminal acetylenes is 1. The van der Waals surface area contributed by atoms with Crippen LogP contribution < -0.4 is 10.1 Å². The zero-order chi connectivity index (χ0) is 22.1. The molecule has 3 aromatic rings. The first-order chi connectivity index (χ1) is 15.2. The number of hydrogen-bond donors (Lipinski definition) is 1. The number of nitrogens with one attached hydrogen (secondary N) is 1. The lowest BCUT2D eigenvalue weighted by atomic mass is 10.3. The Morgan fingerprint density at radius 3 is 2.29 bits per heavy atom. The predicted molar refractivity (Wildman–Crippen MR) is 125 cm³/mol. The smallest absolute Gasteiger partial charge is 0.218 e. The van der Waals surface area contributed by atoms with Crippen LogP contribution in [0.2, 0.25) is 0 Å². The van der Waals surface area contributed by atoms with Gasteiger partial charge in [-0.2, -0.15) is 4.98 Å². The van der Waals surface area contributed by atoms with E-state index in [1.165, 1.54) is 30.6 Å². The maximum atomic E-state index is 5.87. The molecule has 31 heavy (non-hydrogen) atoms. The van der Waals surface area contributed by atoms with Gasteiger partial charge in [-0.3, -0.25) is 4.98 Å². The molecule has 2 fully saturated rings. The fourth-order valence-corrected chi connectivity index (χ4v) is 3.72. The summed E-state index contributed by atoms with van der Waals surface area (Å²) in [6.45, 7) is 5.63. The minimum atomic E-state index is 0.521. The van der Waals surface area contributed by atoms with E-state index in [0.717, 1.165) is 41.4 Å². The lowest BCUT2D eigenvalue weighted by Gasteiger charge is -2.10. The van der Waals surface area contributed by atoms with Crippen LogP contribution in [0.5, 0.6) is 5.88 Å². The Labute approximate surface area is 188 Å². The van der Waals surface area contributed by atoms with Gasteiger partial charge in [0.1, 0.15) is 11.6 Å². The molecular weight excluding hydrogens is 406 g/mol. The highest BCUT2D eigenvalue weighted by molar-refractivity contribution is 7.11. The van der Waals surface area contributed by atoms with Crippen molar-refractivity contribution >= 4 is 17.2 Å². The van der Waals surface area contributed by atoms with Crippen molar-refractivity contribution in [2.75, 3.05) is 11.9 Å². The first-order valence-electron chi connectivity index (χ1n) is 10.5. The van der Waals surface area contributed by atoms with Crippen LogP contribution in [0.25, 0.3) is 0 Å². The van der Waals surface area contributed by atoms with Crippen molar-refractivity contribution in [2.24, 2.45) is 5.92 Å². The van der Waals surface area contributed by atoms with E-state index in [4.69, 9.17) is 4.74 Å². The number of hydrogen-bond acceptors (Lipinski definition) is 7. The number of thiazole rings is 1. The van der Waals surface area contributed by atoms with Crippen LogP contribution in [0, 0.1) is 32.6 Å². The molecule has 0 amide bonds. The van der Waals surface area contributed by atoms with Crippen LogP contribution in [0.4, 0.5) is 5.82 Å². The molecule has 2 aliphatic rings. The van der Waals surface area contributed by atoms with Gasteiger partial charge in [-0.1, -0.05) is 6.07 Å². The number of anilines is 1. The average Bonchev–Trinajstić information content (AvgIpc) is 3.72. The summed E-state index contributed by atoms with van der Waals surface area (Å²) in [5, 5.41) is 4.53. The van der Waals surface area contributed by atoms with Crippen molar-refractivity contribution < 1.29 is 4.74 Å². The van der Waals surface area contributed by atoms with Crippen LogP contribution >= 0.6 is 11.3 Å². The van der Waals surface area contributed by atoms with Gasteiger partial charge in [-0.15, -0.1) is 24.2 Å². The lowest BCUT2D eigenvalue weighted by molar-refractivity contribution is 0.287. The van der Waals surface area contributed by atoms with E-state index in [2.05, 4.69) is 45.0 Å². The molecule has 0 radical (unpaired) electrons. The second-order valence-corrected chi connectivity index (χ2v) is 8.89. The van der Waals surface area contributed by atoms with E-state index in [-0.39, 0.29) is 0 Å². The van der Waals surface area contributed by atoms with Crippen molar-refractivity contribution in [2.45, 2.75) is 52.0 Å². The Balaban J connectivity index is 0.000000291. The van der Waals surface area contributed by atoms with Crippen LogP contribution in [0.15, 0.2) is 36.7 Å². The molecule has 3 aromatic heterocycles. The van der Waals surface area contributed by atoms with Gasteiger partial charge in [0.25, 0.3) is 0 Å². The van der Waals surface area contributed by atoms with Crippen molar-refractivity contribution in [3.8, 4) is 18.7 Å². The van der Waals surface area contributed by atoms with E-state index in [0.29, 0.717) is 11.8 Å². The predicted octanol–water partition coefficient (Wildman–Crippen LogP) is 5.16. The minimum Gasteiger partial charge on any atom is -0.477 e. The van der Waals surface area contributed by atoms with Gasteiger partial charge in [0.2, 0.25) is 5.88 Å². The second-order valence-electron chi connectivity index (χ2n) is 7.60. The summed E-state index contributed by atoms with van der Waals surface area (Å²) < 4.78 is 5.87. The highest BCUT2D eigenvalue weighted by atomic mass is 32.1. The van der Waals surface area contributed by atoms with Gasteiger partial charge in [-0.05, 0) is 57.6 Å². The fourth-order valence-electron chi connectivity index (χ4n) is 2.84. The Morgan fingerprint density at radius 1 is 1.03 bits per heavy atom. The van der Waals surface area contributed by atoms with Crippen molar-refractivity contribution in [3.63, 3.8) is 0 Å². The molecule has 0 aliphatic heterocycles. The average molecular weight is 436 g/mol. The molecule has 0 spiro atoms. The van der Waals surface area contributed by atoms with E-state index in [1.807, 2.05) is 31.2 Å². The molecule has 6 nitrogen and oxygen atoms in total.